The van der Waals surface area contributed by atoms with Crippen LogP contribution in [0.1, 0.15) is 31.9 Å². The Bertz CT molecular complexity index is 1090. The lowest BCUT2D eigenvalue weighted by Gasteiger charge is -2.33. The first-order valence-electron chi connectivity index (χ1n) is 10.0. The van der Waals surface area contributed by atoms with Crippen molar-refractivity contribution in [2.24, 2.45) is 5.92 Å². The highest BCUT2D eigenvalue weighted by atomic mass is 35.5. The van der Waals surface area contributed by atoms with Crippen LogP contribution in [0.4, 0.5) is 0 Å². The molecular weight excluding hydrogens is 459 g/mol. The van der Waals surface area contributed by atoms with E-state index in [1.807, 2.05) is 0 Å². The molecule has 0 bridgehead atoms. The normalized spacial score (nSPS) is 16.1. The number of nitrogens with one attached hydrogen (secondary N) is 1. The molecule has 1 fully saturated rings. The molecule has 1 aliphatic rings. The fourth-order valence-electron chi connectivity index (χ4n) is 3.60. The van der Waals surface area contributed by atoms with Gasteiger partial charge in [0.15, 0.2) is 0 Å². The first kappa shape index (κ1) is 23.6. The van der Waals surface area contributed by atoms with E-state index in [9.17, 15) is 18.5 Å². The fraction of sp³-hybridized carbons (Fsp3) is 0.429. The number of carbonyl (C=O) groups excluding carboxylic acids is 1. The number of likely N-dealkylation sites (tertiary alicyclic amines) is 1. The van der Waals surface area contributed by atoms with Gasteiger partial charge in [-0.2, -0.15) is 9.98 Å². The zero-order valence-corrected chi connectivity index (χ0v) is 19.4. The number of nitriles is 1. The number of hydrogen-bond acceptors (Lipinski definition) is 4. The number of nitrogens with zero attached hydrogens (tertiary/aromatic N) is 3. The summed E-state index contributed by atoms with van der Waals surface area (Å²) in [5, 5.41) is 9.24. The van der Waals surface area contributed by atoms with Gasteiger partial charge in [-0.3, -0.25) is 4.79 Å². The summed E-state index contributed by atoms with van der Waals surface area (Å²) in [7, 11) is -4.10. The van der Waals surface area contributed by atoms with Gasteiger partial charge in [0.05, 0.1) is 10.0 Å². The second kappa shape index (κ2) is 10.0. The van der Waals surface area contributed by atoms with Crippen LogP contribution in [0.3, 0.4) is 0 Å². The highest BCUT2D eigenvalue weighted by molar-refractivity contribution is 7.89. The van der Waals surface area contributed by atoms with Crippen LogP contribution in [0, 0.1) is 17.2 Å². The molecule has 0 radical (unpaired) electrons. The highest BCUT2D eigenvalue weighted by Gasteiger charge is 2.32. The lowest BCUT2D eigenvalue weighted by Crippen LogP contribution is -2.51. The molecule has 10 heteroatoms. The molecule has 1 aromatic carbocycles. The van der Waals surface area contributed by atoms with Crippen LogP contribution < -0.4 is 4.72 Å². The Morgan fingerprint density at radius 1 is 1.26 bits per heavy atom. The summed E-state index contributed by atoms with van der Waals surface area (Å²) in [4.78, 5) is 14.8. The summed E-state index contributed by atoms with van der Waals surface area (Å²) in [6.45, 7) is 3.62. The molecule has 1 atom stereocenters. The number of aromatic nitrogens is 1. The Kier molecular flexibility index (Phi) is 7.65. The van der Waals surface area contributed by atoms with E-state index in [1.165, 1.54) is 18.2 Å². The third kappa shape index (κ3) is 5.60. The van der Waals surface area contributed by atoms with Crippen molar-refractivity contribution in [1.29, 1.82) is 5.26 Å². The van der Waals surface area contributed by atoms with E-state index in [1.54, 1.807) is 27.8 Å². The molecule has 0 saturated carbocycles. The van der Waals surface area contributed by atoms with Gasteiger partial charge in [0.1, 0.15) is 22.7 Å². The number of carbonyl (C=O) groups is 1. The van der Waals surface area contributed by atoms with Crippen molar-refractivity contribution in [3.8, 4) is 6.07 Å². The zero-order valence-electron chi connectivity index (χ0n) is 17.1. The van der Waals surface area contributed by atoms with Gasteiger partial charge in [0, 0.05) is 25.8 Å². The standard InChI is InChI=1S/C21H24Cl2N4O3S/c1-15-7-11-27(12-8-15)21(28)18(9-13-26-10-3-4-16(26)14-24)25-31(29,30)19-6-2-5-17(22)20(19)23/h2-6,10,15,18,25H,7-9,11-13H2,1H3. The van der Waals surface area contributed by atoms with E-state index in [0.29, 0.717) is 31.2 Å². The molecule has 1 aliphatic heterocycles. The average Bonchev–Trinajstić information content (AvgIpc) is 3.20. The highest BCUT2D eigenvalue weighted by Crippen LogP contribution is 2.29. The molecule has 1 aromatic heterocycles. The number of halogens is 2. The maximum Gasteiger partial charge on any atom is 0.242 e. The smallest absolute Gasteiger partial charge is 0.242 e. The summed E-state index contributed by atoms with van der Waals surface area (Å²) in [5.74, 6) is 0.252. The molecule has 1 amide bonds. The second-order valence-corrected chi connectivity index (χ2v) is 10.2. The van der Waals surface area contributed by atoms with Crippen molar-refractivity contribution in [2.45, 2.75) is 43.7 Å². The van der Waals surface area contributed by atoms with Gasteiger partial charge in [-0.1, -0.05) is 36.2 Å². The van der Waals surface area contributed by atoms with Crippen molar-refractivity contribution in [1.82, 2.24) is 14.2 Å². The summed E-state index contributed by atoms with van der Waals surface area (Å²) in [5.41, 5.74) is 0.443. The van der Waals surface area contributed by atoms with Crippen molar-refractivity contribution < 1.29 is 13.2 Å². The first-order valence-corrected chi connectivity index (χ1v) is 12.3. The number of sulfonamides is 1. The molecular formula is C21H24Cl2N4O3S. The van der Waals surface area contributed by atoms with E-state index >= 15 is 0 Å². The van der Waals surface area contributed by atoms with E-state index in [-0.39, 0.29) is 27.3 Å². The van der Waals surface area contributed by atoms with Crippen LogP contribution in [-0.4, -0.2) is 42.9 Å². The third-order valence-electron chi connectivity index (χ3n) is 5.50. The summed E-state index contributed by atoms with van der Waals surface area (Å²) in [6.07, 6.45) is 3.67. The quantitative estimate of drug-likeness (QED) is 0.650. The molecule has 7 nitrogen and oxygen atoms in total. The zero-order chi connectivity index (χ0) is 22.6. The SMILES string of the molecule is CC1CCN(C(=O)C(CCn2cccc2C#N)NS(=O)(=O)c2cccc(Cl)c2Cl)CC1. The number of benzene rings is 1. The molecule has 166 valence electrons. The first-order chi connectivity index (χ1) is 14.7. The summed E-state index contributed by atoms with van der Waals surface area (Å²) in [6, 6.07) is 8.82. The lowest BCUT2D eigenvalue weighted by atomic mass is 9.98. The second-order valence-electron chi connectivity index (χ2n) is 7.72. The predicted molar refractivity (Wildman–Crippen MR) is 119 cm³/mol. The molecule has 1 unspecified atom stereocenters. The van der Waals surface area contributed by atoms with Gasteiger partial charge in [-0.25, -0.2) is 8.42 Å². The number of rotatable bonds is 7. The minimum absolute atomic E-state index is 0.0909. The summed E-state index contributed by atoms with van der Waals surface area (Å²) >= 11 is 12.1. The molecule has 2 aromatic rings. The Morgan fingerprint density at radius 3 is 2.65 bits per heavy atom. The van der Waals surface area contributed by atoms with Gasteiger partial charge in [0.25, 0.3) is 0 Å². The van der Waals surface area contributed by atoms with Crippen LogP contribution in [0.25, 0.3) is 0 Å². The van der Waals surface area contributed by atoms with Crippen LogP contribution in [0.15, 0.2) is 41.4 Å². The number of aryl methyl sites for hydroxylation is 1. The number of piperidine rings is 1. The monoisotopic (exact) mass is 482 g/mol. The fourth-order valence-corrected chi connectivity index (χ4v) is 5.59. The lowest BCUT2D eigenvalue weighted by molar-refractivity contribution is -0.134. The maximum atomic E-state index is 13.2. The molecule has 3 rings (SSSR count). The van der Waals surface area contributed by atoms with Crippen LogP contribution >= 0.6 is 23.2 Å². The largest absolute Gasteiger partial charge is 0.341 e. The number of amides is 1. The van der Waals surface area contributed by atoms with Gasteiger partial charge in [0.2, 0.25) is 15.9 Å². The molecule has 1 N–H and O–H groups in total. The maximum absolute atomic E-state index is 13.2. The van der Waals surface area contributed by atoms with Crippen LogP contribution in [0.2, 0.25) is 10.0 Å². The third-order valence-corrected chi connectivity index (χ3v) is 7.94. The Hall–Kier alpha value is -2.05. The van der Waals surface area contributed by atoms with E-state index in [0.717, 1.165) is 12.8 Å². The number of hydrogen-bond donors (Lipinski definition) is 1. The van der Waals surface area contributed by atoms with Crippen molar-refractivity contribution in [3.05, 3.63) is 52.3 Å². The molecule has 0 aliphatic carbocycles. The van der Waals surface area contributed by atoms with Crippen molar-refractivity contribution >= 4 is 39.1 Å². The molecule has 1 saturated heterocycles. The van der Waals surface area contributed by atoms with E-state index < -0.39 is 16.1 Å². The van der Waals surface area contributed by atoms with Crippen molar-refractivity contribution in [2.75, 3.05) is 13.1 Å². The Morgan fingerprint density at radius 2 is 1.97 bits per heavy atom. The van der Waals surface area contributed by atoms with Crippen LogP contribution in [-0.2, 0) is 21.4 Å². The molecule has 0 spiro atoms. The molecule has 31 heavy (non-hydrogen) atoms. The minimum atomic E-state index is -4.10. The van der Waals surface area contributed by atoms with Gasteiger partial charge < -0.3 is 9.47 Å². The Labute approximate surface area is 192 Å². The minimum Gasteiger partial charge on any atom is -0.341 e. The van der Waals surface area contributed by atoms with Gasteiger partial charge in [-0.05, 0) is 49.4 Å². The average molecular weight is 483 g/mol. The van der Waals surface area contributed by atoms with E-state index in [2.05, 4.69) is 17.7 Å². The van der Waals surface area contributed by atoms with Gasteiger partial charge in [-0.15, -0.1) is 0 Å². The molecule has 2 heterocycles. The topological polar surface area (TPSA) is 95.2 Å². The van der Waals surface area contributed by atoms with Crippen molar-refractivity contribution in [3.63, 3.8) is 0 Å². The Balaban J connectivity index is 1.84. The van der Waals surface area contributed by atoms with Crippen LogP contribution in [0.5, 0.6) is 0 Å². The predicted octanol–water partition coefficient (Wildman–Crippen LogP) is 3.66. The summed E-state index contributed by atoms with van der Waals surface area (Å²) < 4.78 is 30.3. The van der Waals surface area contributed by atoms with Gasteiger partial charge >= 0.3 is 0 Å². The van der Waals surface area contributed by atoms with E-state index in [4.69, 9.17) is 23.2 Å².